The molecule has 1 aromatic carbocycles. The molecule has 0 saturated heterocycles. The molecule has 106 valence electrons. The van der Waals surface area contributed by atoms with Gasteiger partial charge in [0.2, 0.25) is 0 Å². The molecule has 2 aromatic rings. The predicted molar refractivity (Wildman–Crippen MR) is 71.1 cm³/mol. The van der Waals surface area contributed by atoms with E-state index in [1.54, 1.807) is 0 Å². The van der Waals surface area contributed by atoms with Crippen LogP contribution >= 0.6 is 11.6 Å². The Morgan fingerprint density at radius 1 is 1.50 bits per heavy atom. The lowest BCUT2D eigenvalue weighted by Gasteiger charge is -2.06. The van der Waals surface area contributed by atoms with Gasteiger partial charge in [-0.15, -0.1) is 0 Å². The molecule has 0 aliphatic heterocycles. The van der Waals surface area contributed by atoms with Crippen molar-refractivity contribution in [2.75, 3.05) is 0 Å². The van der Waals surface area contributed by atoms with E-state index in [-0.39, 0.29) is 23.1 Å². The minimum absolute atomic E-state index is 0.0753. The van der Waals surface area contributed by atoms with Crippen molar-refractivity contribution < 1.29 is 19.2 Å². The molecule has 1 aromatic heterocycles. The number of aromatic carboxylic acids is 1. The summed E-state index contributed by atoms with van der Waals surface area (Å²) < 4.78 is 10.5. The van der Waals surface area contributed by atoms with E-state index in [1.807, 2.05) is 13.8 Å². The van der Waals surface area contributed by atoms with Crippen LogP contribution in [-0.4, -0.2) is 21.2 Å². The average molecular weight is 297 g/mol. The van der Waals surface area contributed by atoms with Gasteiger partial charge >= 0.3 is 5.97 Å². The highest BCUT2D eigenvalue weighted by molar-refractivity contribution is 6.32. The molecule has 6 nitrogen and oxygen atoms in total. The SMILES string of the molecule is CC(C)c1noc(COc2ccc(C(=O)O)cc2Cl)n1. The molecule has 0 saturated carbocycles. The van der Waals surface area contributed by atoms with Gasteiger partial charge in [0.05, 0.1) is 10.6 Å². The molecule has 0 atom stereocenters. The van der Waals surface area contributed by atoms with Crippen molar-refractivity contribution in [3.63, 3.8) is 0 Å². The Bertz CT molecular complexity index is 625. The monoisotopic (exact) mass is 296 g/mol. The van der Waals surface area contributed by atoms with Gasteiger partial charge in [0.25, 0.3) is 5.89 Å². The van der Waals surface area contributed by atoms with Gasteiger partial charge in [-0.25, -0.2) is 4.79 Å². The van der Waals surface area contributed by atoms with E-state index in [2.05, 4.69) is 10.1 Å². The maximum atomic E-state index is 10.8. The number of hydrogen-bond donors (Lipinski definition) is 1. The van der Waals surface area contributed by atoms with Gasteiger partial charge in [0.15, 0.2) is 12.4 Å². The first-order chi connectivity index (χ1) is 9.47. The van der Waals surface area contributed by atoms with Crippen LogP contribution in [0, 0.1) is 0 Å². The van der Waals surface area contributed by atoms with Crippen LogP contribution in [0.25, 0.3) is 0 Å². The maximum Gasteiger partial charge on any atom is 0.335 e. The van der Waals surface area contributed by atoms with E-state index in [4.69, 9.17) is 26.0 Å². The summed E-state index contributed by atoms with van der Waals surface area (Å²) in [5.74, 6) is 0.437. The zero-order valence-electron chi connectivity index (χ0n) is 11.0. The van der Waals surface area contributed by atoms with Crippen LogP contribution in [0.5, 0.6) is 5.75 Å². The fourth-order valence-electron chi connectivity index (χ4n) is 1.45. The van der Waals surface area contributed by atoms with Crippen molar-refractivity contribution in [2.24, 2.45) is 0 Å². The third-order valence-electron chi connectivity index (χ3n) is 2.53. The largest absolute Gasteiger partial charge is 0.482 e. The molecule has 0 fully saturated rings. The smallest absolute Gasteiger partial charge is 0.335 e. The van der Waals surface area contributed by atoms with Gasteiger partial charge in [0.1, 0.15) is 5.75 Å². The molecular formula is C13H13ClN2O4. The molecule has 0 bridgehead atoms. The van der Waals surface area contributed by atoms with E-state index in [0.717, 1.165) is 0 Å². The minimum atomic E-state index is -1.04. The molecule has 0 aliphatic carbocycles. The van der Waals surface area contributed by atoms with Crippen molar-refractivity contribution in [3.8, 4) is 5.75 Å². The molecule has 2 rings (SSSR count). The maximum absolute atomic E-state index is 10.8. The van der Waals surface area contributed by atoms with Crippen LogP contribution in [0.4, 0.5) is 0 Å². The molecule has 0 spiro atoms. The van der Waals surface area contributed by atoms with Crippen molar-refractivity contribution in [1.29, 1.82) is 0 Å². The molecule has 7 heteroatoms. The molecule has 0 aliphatic rings. The quantitative estimate of drug-likeness (QED) is 0.912. The molecule has 20 heavy (non-hydrogen) atoms. The third kappa shape index (κ3) is 3.27. The lowest BCUT2D eigenvalue weighted by atomic mass is 10.2. The van der Waals surface area contributed by atoms with Crippen molar-refractivity contribution in [3.05, 3.63) is 40.5 Å². The van der Waals surface area contributed by atoms with E-state index < -0.39 is 5.97 Å². The normalized spacial score (nSPS) is 10.8. The zero-order valence-corrected chi connectivity index (χ0v) is 11.7. The van der Waals surface area contributed by atoms with Gasteiger partial charge in [-0.1, -0.05) is 30.6 Å². The minimum Gasteiger partial charge on any atom is -0.482 e. The topological polar surface area (TPSA) is 85.5 Å². The van der Waals surface area contributed by atoms with Gasteiger partial charge in [-0.05, 0) is 18.2 Å². The highest BCUT2D eigenvalue weighted by Crippen LogP contribution is 2.26. The molecule has 0 unspecified atom stereocenters. The number of ether oxygens (including phenoxy) is 1. The van der Waals surface area contributed by atoms with Crippen LogP contribution in [0.1, 0.15) is 41.8 Å². The Labute approximate surface area is 120 Å². The first-order valence-electron chi connectivity index (χ1n) is 5.95. The van der Waals surface area contributed by atoms with E-state index in [1.165, 1.54) is 18.2 Å². The summed E-state index contributed by atoms with van der Waals surface area (Å²) in [5.41, 5.74) is 0.0993. The predicted octanol–water partition coefficient (Wildman–Crippen LogP) is 3.12. The second-order valence-electron chi connectivity index (χ2n) is 4.44. The molecule has 1 heterocycles. The van der Waals surface area contributed by atoms with Crippen molar-refractivity contribution >= 4 is 17.6 Å². The number of nitrogens with zero attached hydrogens (tertiary/aromatic N) is 2. The Kier molecular flexibility index (Phi) is 4.24. The number of hydrogen-bond acceptors (Lipinski definition) is 5. The van der Waals surface area contributed by atoms with Crippen LogP contribution in [0.15, 0.2) is 22.7 Å². The lowest BCUT2D eigenvalue weighted by Crippen LogP contribution is -1.99. The number of benzene rings is 1. The highest BCUT2D eigenvalue weighted by Gasteiger charge is 2.12. The number of carboxylic acid groups (broad SMARTS) is 1. The number of carbonyl (C=O) groups is 1. The highest BCUT2D eigenvalue weighted by atomic mass is 35.5. The lowest BCUT2D eigenvalue weighted by molar-refractivity contribution is 0.0697. The fraction of sp³-hybridized carbons (Fsp3) is 0.308. The van der Waals surface area contributed by atoms with Crippen LogP contribution in [0.2, 0.25) is 5.02 Å². The number of rotatable bonds is 5. The van der Waals surface area contributed by atoms with Crippen molar-refractivity contribution in [2.45, 2.75) is 26.4 Å². The molecule has 1 N–H and O–H groups in total. The molecular weight excluding hydrogens is 284 g/mol. The average Bonchev–Trinajstić information content (AvgIpc) is 2.86. The third-order valence-corrected chi connectivity index (χ3v) is 2.83. The molecule has 0 amide bonds. The summed E-state index contributed by atoms with van der Waals surface area (Å²) in [6.45, 7) is 3.99. The fourth-order valence-corrected chi connectivity index (χ4v) is 1.69. The Hall–Kier alpha value is -2.08. The summed E-state index contributed by atoms with van der Waals surface area (Å²) >= 11 is 5.94. The van der Waals surface area contributed by atoms with Gasteiger partial charge in [-0.3, -0.25) is 0 Å². The van der Waals surface area contributed by atoms with E-state index >= 15 is 0 Å². The summed E-state index contributed by atoms with van der Waals surface area (Å²) in [6.07, 6.45) is 0. The van der Waals surface area contributed by atoms with E-state index in [0.29, 0.717) is 17.5 Å². The Balaban J connectivity index is 2.05. The summed E-state index contributed by atoms with van der Waals surface area (Å²) in [5, 5.41) is 12.9. The summed E-state index contributed by atoms with van der Waals surface area (Å²) in [4.78, 5) is 14.9. The number of halogens is 1. The second kappa shape index (κ2) is 5.92. The summed E-state index contributed by atoms with van der Waals surface area (Å²) in [7, 11) is 0. The Morgan fingerprint density at radius 2 is 2.25 bits per heavy atom. The molecule has 0 radical (unpaired) electrons. The first kappa shape index (κ1) is 14.3. The standard InChI is InChI=1S/C13H13ClN2O4/c1-7(2)12-15-11(20-16-12)6-19-10-4-3-8(13(17)18)5-9(10)14/h3-5,7H,6H2,1-2H3,(H,17,18). The first-order valence-corrected chi connectivity index (χ1v) is 6.33. The van der Waals surface area contributed by atoms with Gasteiger partial charge in [-0.2, -0.15) is 4.98 Å². The van der Waals surface area contributed by atoms with E-state index in [9.17, 15) is 4.79 Å². The van der Waals surface area contributed by atoms with Gasteiger partial charge < -0.3 is 14.4 Å². The Morgan fingerprint density at radius 3 is 2.80 bits per heavy atom. The van der Waals surface area contributed by atoms with Gasteiger partial charge in [0, 0.05) is 5.92 Å². The summed E-state index contributed by atoms with van der Waals surface area (Å²) in [6, 6.07) is 4.23. The van der Waals surface area contributed by atoms with Crippen LogP contribution < -0.4 is 4.74 Å². The zero-order chi connectivity index (χ0) is 14.7. The second-order valence-corrected chi connectivity index (χ2v) is 4.85. The number of carboxylic acids is 1. The van der Waals surface area contributed by atoms with Crippen LogP contribution in [0.3, 0.4) is 0 Å². The van der Waals surface area contributed by atoms with Crippen molar-refractivity contribution in [1.82, 2.24) is 10.1 Å². The number of aromatic nitrogens is 2. The van der Waals surface area contributed by atoms with Crippen LogP contribution in [-0.2, 0) is 6.61 Å².